The summed E-state index contributed by atoms with van der Waals surface area (Å²) in [4.78, 5) is 14.5. The molecule has 1 fully saturated rings. The van der Waals surface area contributed by atoms with Crippen molar-refractivity contribution in [2.75, 3.05) is 32.7 Å². The van der Waals surface area contributed by atoms with Crippen LogP contribution in [0.1, 0.15) is 12.8 Å². The van der Waals surface area contributed by atoms with Gasteiger partial charge in [-0.25, -0.2) is 0 Å². The zero-order valence-corrected chi connectivity index (χ0v) is 7.78. The molecule has 1 rings (SSSR count). The van der Waals surface area contributed by atoms with E-state index in [2.05, 4.69) is 11.0 Å². The summed E-state index contributed by atoms with van der Waals surface area (Å²) >= 11 is 0. The second kappa shape index (κ2) is 5.55. The Kier molecular flexibility index (Phi) is 4.27. The molecule has 4 nitrogen and oxygen atoms in total. The smallest absolute Gasteiger partial charge is 0.209 e. The highest BCUT2D eigenvalue weighted by atomic mass is 16.1. The van der Waals surface area contributed by atoms with Crippen molar-refractivity contribution in [3.05, 3.63) is 0 Å². The molecule has 1 saturated heterocycles. The topological polar surface area (TPSA) is 47.3 Å². The maximum atomic E-state index is 10.4. The highest BCUT2D eigenvalue weighted by Gasteiger charge is 2.13. The summed E-state index contributed by atoms with van der Waals surface area (Å²) in [6.45, 7) is 4.54. The zero-order chi connectivity index (χ0) is 9.52. The Morgan fingerprint density at radius 2 is 2.00 bits per heavy atom. The zero-order valence-electron chi connectivity index (χ0n) is 7.78. The third kappa shape index (κ3) is 3.43. The minimum Gasteiger partial charge on any atom is -0.343 e. The minimum atomic E-state index is 0.633. The van der Waals surface area contributed by atoms with Crippen molar-refractivity contribution in [3.63, 3.8) is 0 Å². The van der Waals surface area contributed by atoms with Gasteiger partial charge >= 0.3 is 0 Å². The number of nitrogens with zero attached hydrogens (tertiary/aromatic N) is 3. The van der Waals surface area contributed by atoms with E-state index in [-0.39, 0.29) is 0 Å². The summed E-state index contributed by atoms with van der Waals surface area (Å²) in [5.74, 6) is 0. The maximum Gasteiger partial charge on any atom is 0.209 e. The Hall–Kier alpha value is -1.08. The van der Waals surface area contributed by atoms with Crippen molar-refractivity contribution in [2.45, 2.75) is 12.8 Å². The maximum absolute atomic E-state index is 10.4. The first-order chi connectivity index (χ1) is 6.36. The molecule has 1 heterocycles. The third-order valence-corrected chi connectivity index (χ3v) is 2.32. The predicted octanol–water partition coefficient (Wildman–Crippen LogP) is 0.0642. The fourth-order valence-electron chi connectivity index (χ4n) is 1.47. The monoisotopic (exact) mass is 181 g/mol. The molecule has 0 saturated carbocycles. The molecule has 4 heteroatoms. The molecule has 0 spiro atoms. The molecule has 0 radical (unpaired) electrons. The largest absolute Gasteiger partial charge is 0.343 e. The molecule has 0 unspecified atom stereocenters. The van der Waals surface area contributed by atoms with E-state index in [1.165, 1.54) is 0 Å². The van der Waals surface area contributed by atoms with E-state index in [1.807, 2.05) is 0 Å². The lowest BCUT2D eigenvalue weighted by molar-refractivity contribution is -0.119. The van der Waals surface area contributed by atoms with Crippen molar-refractivity contribution in [2.24, 2.45) is 0 Å². The van der Waals surface area contributed by atoms with Gasteiger partial charge in [-0.05, 0) is 13.0 Å². The van der Waals surface area contributed by atoms with Gasteiger partial charge in [-0.2, -0.15) is 5.26 Å². The van der Waals surface area contributed by atoms with Gasteiger partial charge in [0, 0.05) is 32.6 Å². The van der Waals surface area contributed by atoms with Gasteiger partial charge in [0.05, 0.1) is 6.07 Å². The van der Waals surface area contributed by atoms with Crippen LogP contribution in [-0.2, 0) is 4.79 Å². The van der Waals surface area contributed by atoms with Crippen LogP contribution in [0.15, 0.2) is 0 Å². The molecular weight excluding hydrogens is 166 g/mol. The molecule has 0 aromatic heterocycles. The number of carbonyl (C=O) groups excluding carboxylic acids is 1. The Bertz CT molecular complexity index is 192. The van der Waals surface area contributed by atoms with Crippen LogP contribution < -0.4 is 0 Å². The molecule has 0 bridgehead atoms. The average molecular weight is 181 g/mol. The highest BCUT2D eigenvalue weighted by Crippen LogP contribution is 2.01. The number of unbranched alkanes of at least 4 members (excludes halogenated alkanes) is 1. The van der Waals surface area contributed by atoms with E-state index in [9.17, 15) is 4.79 Å². The van der Waals surface area contributed by atoms with Crippen molar-refractivity contribution in [1.29, 1.82) is 5.26 Å². The van der Waals surface area contributed by atoms with Crippen molar-refractivity contribution >= 4 is 6.41 Å². The fraction of sp³-hybridized carbons (Fsp3) is 0.778. The molecule has 0 N–H and O–H groups in total. The lowest BCUT2D eigenvalue weighted by Crippen LogP contribution is -2.45. The molecule has 0 aliphatic carbocycles. The number of rotatable bonds is 4. The Morgan fingerprint density at radius 3 is 2.54 bits per heavy atom. The van der Waals surface area contributed by atoms with Gasteiger partial charge in [-0.15, -0.1) is 0 Å². The molecule has 0 aromatic carbocycles. The molecule has 1 aliphatic rings. The number of nitriles is 1. The normalized spacial score (nSPS) is 18.2. The minimum absolute atomic E-state index is 0.633. The number of amides is 1. The summed E-state index contributed by atoms with van der Waals surface area (Å²) in [5.41, 5.74) is 0. The number of piperazine rings is 1. The van der Waals surface area contributed by atoms with Crippen LogP contribution in [0.5, 0.6) is 0 Å². The lowest BCUT2D eigenvalue weighted by atomic mass is 10.2. The third-order valence-electron chi connectivity index (χ3n) is 2.32. The molecule has 1 aliphatic heterocycles. The molecule has 1 amide bonds. The average Bonchev–Trinajstić information content (AvgIpc) is 2.19. The van der Waals surface area contributed by atoms with E-state index in [4.69, 9.17) is 5.26 Å². The first-order valence-electron chi connectivity index (χ1n) is 4.65. The van der Waals surface area contributed by atoms with Gasteiger partial charge in [0.15, 0.2) is 0 Å². The van der Waals surface area contributed by atoms with E-state index < -0.39 is 0 Å². The Labute approximate surface area is 78.7 Å². The summed E-state index contributed by atoms with van der Waals surface area (Å²) < 4.78 is 0. The molecule has 13 heavy (non-hydrogen) atoms. The van der Waals surface area contributed by atoms with Crippen LogP contribution in [0.3, 0.4) is 0 Å². The van der Waals surface area contributed by atoms with Gasteiger partial charge in [-0.1, -0.05) is 0 Å². The summed E-state index contributed by atoms with van der Waals surface area (Å²) in [6, 6.07) is 2.13. The SMILES string of the molecule is N#CCCCN1CCN(C=O)CC1. The number of hydrogen-bond acceptors (Lipinski definition) is 3. The van der Waals surface area contributed by atoms with Crippen LogP contribution in [0.2, 0.25) is 0 Å². The first kappa shape index (κ1) is 10.0. The van der Waals surface area contributed by atoms with Gasteiger partial charge < -0.3 is 4.90 Å². The molecule has 0 atom stereocenters. The van der Waals surface area contributed by atoms with E-state index in [0.29, 0.717) is 6.42 Å². The standard InChI is InChI=1S/C9H15N3O/c10-3-1-2-4-11-5-7-12(9-13)8-6-11/h9H,1-2,4-8H2. The van der Waals surface area contributed by atoms with Crippen molar-refractivity contribution in [3.8, 4) is 6.07 Å². The van der Waals surface area contributed by atoms with Crippen LogP contribution >= 0.6 is 0 Å². The second-order valence-electron chi connectivity index (χ2n) is 3.24. The van der Waals surface area contributed by atoms with Crippen molar-refractivity contribution < 1.29 is 4.79 Å². The second-order valence-corrected chi connectivity index (χ2v) is 3.24. The number of hydrogen-bond donors (Lipinski definition) is 0. The van der Waals surface area contributed by atoms with Crippen LogP contribution in [0.25, 0.3) is 0 Å². The van der Waals surface area contributed by atoms with E-state index >= 15 is 0 Å². The molecule has 72 valence electrons. The van der Waals surface area contributed by atoms with Crippen LogP contribution in [-0.4, -0.2) is 48.9 Å². The summed E-state index contributed by atoms with van der Waals surface area (Å²) in [7, 11) is 0. The summed E-state index contributed by atoms with van der Waals surface area (Å²) in [5, 5.41) is 8.35. The Balaban J connectivity index is 2.11. The molecule has 0 aromatic rings. The summed E-state index contributed by atoms with van der Waals surface area (Å²) in [6.07, 6.45) is 2.48. The van der Waals surface area contributed by atoms with Crippen LogP contribution in [0, 0.1) is 11.3 Å². The van der Waals surface area contributed by atoms with Gasteiger partial charge in [0.25, 0.3) is 0 Å². The quantitative estimate of drug-likeness (QED) is 0.455. The number of carbonyl (C=O) groups is 1. The predicted molar refractivity (Wildman–Crippen MR) is 48.9 cm³/mol. The molecular formula is C9H15N3O. The van der Waals surface area contributed by atoms with Gasteiger partial charge in [0.1, 0.15) is 0 Å². The highest BCUT2D eigenvalue weighted by molar-refractivity contribution is 5.47. The lowest BCUT2D eigenvalue weighted by Gasteiger charge is -2.32. The van der Waals surface area contributed by atoms with Gasteiger partial charge in [-0.3, -0.25) is 9.69 Å². The van der Waals surface area contributed by atoms with Crippen LogP contribution in [0.4, 0.5) is 0 Å². The Morgan fingerprint density at radius 1 is 1.31 bits per heavy atom. The van der Waals surface area contributed by atoms with E-state index in [1.54, 1.807) is 4.90 Å². The first-order valence-corrected chi connectivity index (χ1v) is 4.65. The fourth-order valence-corrected chi connectivity index (χ4v) is 1.47. The van der Waals surface area contributed by atoms with Crippen molar-refractivity contribution in [1.82, 2.24) is 9.80 Å². The van der Waals surface area contributed by atoms with Gasteiger partial charge in [0.2, 0.25) is 6.41 Å². The van der Waals surface area contributed by atoms with E-state index in [0.717, 1.165) is 45.6 Å².